The largest absolute Gasteiger partial charge is 0.323 e. The summed E-state index contributed by atoms with van der Waals surface area (Å²) in [6.45, 7) is 4.48. The molecule has 0 bridgehead atoms. The van der Waals surface area contributed by atoms with Gasteiger partial charge in [-0.1, -0.05) is 35.9 Å². The van der Waals surface area contributed by atoms with Crippen LogP contribution < -0.4 is 10.2 Å². The van der Waals surface area contributed by atoms with Crippen molar-refractivity contribution in [2.75, 3.05) is 22.5 Å². The second-order valence-corrected chi connectivity index (χ2v) is 8.59. The first-order valence-corrected chi connectivity index (χ1v) is 10.2. The number of para-hydroxylation sites is 1. The molecule has 140 valence electrons. The molecular formula is C20H20ClN3O2S. The zero-order chi connectivity index (χ0) is 19.2. The highest BCUT2D eigenvalue weighted by Crippen LogP contribution is 2.54. The molecule has 2 heterocycles. The molecule has 4 rings (SSSR count). The van der Waals surface area contributed by atoms with Crippen molar-refractivity contribution >= 4 is 46.7 Å². The van der Waals surface area contributed by atoms with Crippen LogP contribution in [0.5, 0.6) is 0 Å². The van der Waals surface area contributed by atoms with Gasteiger partial charge in [-0.3, -0.25) is 9.69 Å². The first-order valence-electron chi connectivity index (χ1n) is 8.86. The number of fused-ring (bicyclic) bond motifs is 2. The Morgan fingerprint density at radius 2 is 2.00 bits per heavy atom. The van der Waals surface area contributed by atoms with Crippen molar-refractivity contribution in [3.8, 4) is 0 Å². The average molecular weight is 402 g/mol. The van der Waals surface area contributed by atoms with Gasteiger partial charge in [-0.15, -0.1) is 11.8 Å². The third kappa shape index (κ3) is 2.78. The third-order valence-corrected chi connectivity index (χ3v) is 6.54. The monoisotopic (exact) mass is 401 g/mol. The van der Waals surface area contributed by atoms with Crippen LogP contribution in [0.4, 0.5) is 16.2 Å². The Labute approximate surface area is 167 Å². The Morgan fingerprint density at radius 3 is 2.74 bits per heavy atom. The fourth-order valence-corrected chi connectivity index (χ4v) is 5.43. The van der Waals surface area contributed by atoms with E-state index in [0.717, 1.165) is 11.3 Å². The van der Waals surface area contributed by atoms with E-state index in [1.165, 1.54) is 11.8 Å². The molecule has 0 aromatic heterocycles. The minimum Gasteiger partial charge on any atom is -0.308 e. The molecule has 1 spiro atoms. The van der Waals surface area contributed by atoms with Gasteiger partial charge in [0.1, 0.15) is 0 Å². The third-order valence-electron chi connectivity index (χ3n) is 4.88. The van der Waals surface area contributed by atoms with Crippen LogP contribution in [0.3, 0.4) is 0 Å². The number of benzene rings is 2. The molecule has 2 aromatic carbocycles. The van der Waals surface area contributed by atoms with Crippen molar-refractivity contribution in [2.24, 2.45) is 0 Å². The molecule has 2 aromatic rings. The lowest BCUT2D eigenvalue weighted by molar-refractivity contribution is -0.123. The van der Waals surface area contributed by atoms with Gasteiger partial charge in [-0.25, -0.2) is 4.79 Å². The predicted octanol–water partition coefficient (Wildman–Crippen LogP) is 4.53. The lowest BCUT2D eigenvalue weighted by Crippen LogP contribution is -2.52. The minimum absolute atomic E-state index is 0.0112. The number of anilines is 2. The molecule has 7 heteroatoms. The standard InChI is InChI=1S/C20H20ClN3O2S/c1-13(2)24-17-9-4-3-8-16(17)20(18(24)25)23(10-11-27-20)19(26)22-15-7-5-6-14(21)12-15/h3-9,12-13H,10-11H2,1-2H3,(H,22,26). The van der Waals surface area contributed by atoms with E-state index >= 15 is 0 Å². The van der Waals surface area contributed by atoms with E-state index in [9.17, 15) is 9.59 Å². The van der Waals surface area contributed by atoms with E-state index in [4.69, 9.17) is 11.6 Å². The Kier molecular flexibility index (Phi) is 4.56. The smallest absolute Gasteiger partial charge is 0.308 e. The quantitative estimate of drug-likeness (QED) is 0.804. The number of halogens is 1. The minimum atomic E-state index is -1.01. The van der Waals surface area contributed by atoms with Gasteiger partial charge in [-0.2, -0.15) is 0 Å². The first kappa shape index (κ1) is 18.2. The zero-order valence-corrected chi connectivity index (χ0v) is 16.7. The fourth-order valence-electron chi connectivity index (χ4n) is 3.79. The zero-order valence-electron chi connectivity index (χ0n) is 15.1. The van der Waals surface area contributed by atoms with Crippen molar-refractivity contribution in [3.63, 3.8) is 0 Å². The van der Waals surface area contributed by atoms with Crippen LogP contribution in [0.25, 0.3) is 0 Å². The highest BCUT2D eigenvalue weighted by Gasteiger charge is 2.59. The van der Waals surface area contributed by atoms with E-state index in [2.05, 4.69) is 5.32 Å². The number of nitrogens with one attached hydrogen (secondary N) is 1. The van der Waals surface area contributed by atoms with Gasteiger partial charge in [0.25, 0.3) is 5.91 Å². The molecule has 1 N–H and O–H groups in total. The molecule has 1 fully saturated rings. The number of amides is 3. The average Bonchev–Trinajstić information content (AvgIpc) is 3.17. The Balaban J connectivity index is 1.73. The van der Waals surface area contributed by atoms with Crippen LogP contribution in [0, 0.1) is 0 Å². The second kappa shape index (κ2) is 6.77. The molecule has 3 amide bonds. The summed E-state index contributed by atoms with van der Waals surface area (Å²) in [6.07, 6.45) is 0. The number of urea groups is 1. The topological polar surface area (TPSA) is 52.7 Å². The maximum atomic E-state index is 13.5. The predicted molar refractivity (Wildman–Crippen MR) is 110 cm³/mol. The fraction of sp³-hybridized carbons (Fsp3) is 0.300. The Hall–Kier alpha value is -2.18. The molecule has 5 nitrogen and oxygen atoms in total. The summed E-state index contributed by atoms with van der Waals surface area (Å²) in [6, 6.07) is 14.5. The summed E-state index contributed by atoms with van der Waals surface area (Å²) < 4.78 is 0. The molecule has 1 atom stereocenters. The van der Waals surface area contributed by atoms with Crippen molar-refractivity contribution < 1.29 is 9.59 Å². The van der Waals surface area contributed by atoms with Crippen LogP contribution >= 0.6 is 23.4 Å². The highest BCUT2D eigenvalue weighted by molar-refractivity contribution is 8.01. The molecule has 0 aliphatic carbocycles. The van der Waals surface area contributed by atoms with E-state index < -0.39 is 4.87 Å². The molecule has 2 aliphatic heterocycles. The van der Waals surface area contributed by atoms with Crippen LogP contribution in [-0.2, 0) is 9.67 Å². The van der Waals surface area contributed by atoms with E-state index in [-0.39, 0.29) is 18.0 Å². The van der Waals surface area contributed by atoms with Gasteiger partial charge >= 0.3 is 6.03 Å². The molecule has 0 radical (unpaired) electrons. The number of hydrogen-bond acceptors (Lipinski definition) is 3. The van der Waals surface area contributed by atoms with Gasteiger partial charge in [-0.05, 0) is 38.1 Å². The second-order valence-electron chi connectivity index (χ2n) is 6.87. The van der Waals surface area contributed by atoms with Gasteiger partial charge in [0.15, 0.2) is 4.87 Å². The van der Waals surface area contributed by atoms with E-state index in [1.807, 2.05) is 38.1 Å². The highest BCUT2D eigenvalue weighted by atomic mass is 35.5. The van der Waals surface area contributed by atoms with E-state index in [0.29, 0.717) is 23.0 Å². The summed E-state index contributed by atoms with van der Waals surface area (Å²) in [4.78, 5) is 29.1. The summed E-state index contributed by atoms with van der Waals surface area (Å²) in [5.41, 5.74) is 2.37. The van der Waals surface area contributed by atoms with E-state index in [1.54, 1.807) is 34.1 Å². The number of carbonyl (C=O) groups excluding carboxylic acids is 2. The molecule has 2 aliphatic rings. The summed E-state index contributed by atoms with van der Waals surface area (Å²) in [5, 5.41) is 3.44. The van der Waals surface area contributed by atoms with Crippen molar-refractivity contribution in [3.05, 3.63) is 59.1 Å². The molecule has 1 saturated heterocycles. The maximum Gasteiger partial charge on any atom is 0.323 e. The summed E-state index contributed by atoms with van der Waals surface area (Å²) in [7, 11) is 0. The van der Waals surface area contributed by atoms with Crippen LogP contribution in [0.15, 0.2) is 48.5 Å². The summed E-state index contributed by atoms with van der Waals surface area (Å²) in [5.74, 6) is 0.650. The number of carbonyl (C=O) groups is 2. The normalized spacial score (nSPS) is 21.3. The molecule has 0 saturated carbocycles. The molecule has 27 heavy (non-hydrogen) atoms. The molecule has 1 unspecified atom stereocenters. The van der Waals surface area contributed by atoms with Gasteiger partial charge in [0, 0.05) is 34.6 Å². The van der Waals surface area contributed by atoms with Crippen LogP contribution in [0.2, 0.25) is 5.02 Å². The van der Waals surface area contributed by atoms with Crippen molar-refractivity contribution in [1.29, 1.82) is 0 Å². The van der Waals surface area contributed by atoms with Crippen molar-refractivity contribution in [2.45, 2.75) is 24.8 Å². The van der Waals surface area contributed by atoms with Crippen LogP contribution in [0.1, 0.15) is 19.4 Å². The number of rotatable bonds is 2. The number of thioether (sulfide) groups is 1. The number of hydrogen-bond donors (Lipinski definition) is 1. The van der Waals surface area contributed by atoms with Gasteiger partial charge in [0.2, 0.25) is 0 Å². The lowest BCUT2D eigenvalue weighted by Gasteiger charge is -2.33. The van der Waals surface area contributed by atoms with Crippen LogP contribution in [-0.4, -0.2) is 35.2 Å². The summed E-state index contributed by atoms with van der Waals surface area (Å²) >= 11 is 7.55. The Morgan fingerprint density at radius 1 is 1.22 bits per heavy atom. The van der Waals surface area contributed by atoms with Gasteiger partial charge in [0.05, 0.1) is 5.69 Å². The molecular weight excluding hydrogens is 382 g/mol. The maximum absolute atomic E-state index is 13.5. The first-order chi connectivity index (χ1) is 12.9. The van der Waals surface area contributed by atoms with Gasteiger partial charge < -0.3 is 10.2 Å². The number of nitrogens with zero attached hydrogens (tertiary/aromatic N) is 2. The van der Waals surface area contributed by atoms with Crippen molar-refractivity contribution in [1.82, 2.24) is 4.90 Å². The SMILES string of the molecule is CC(C)N1C(=O)C2(SCCN2C(=O)Nc2cccc(Cl)c2)c2ccccc21. The lowest BCUT2D eigenvalue weighted by atomic mass is 10.1. The Bertz CT molecular complexity index is 920.